The largest absolute Gasteiger partial charge is 0.465 e. The quantitative estimate of drug-likeness (QED) is 0.604. The van der Waals surface area contributed by atoms with E-state index in [2.05, 4.69) is 28.4 Å². The van der Waals surface area contributed by atoms with Crippen molar-refractivity contribution in [2.24, 2.45) is 0 Å². The van der Waals surface area contributed by atoms with Gasteiger partial charge in [-0.1, -0.05) is 18.7 Å². The van der Waals surface area contributed by atoms with E-state index in [1.165, 1.54) is 11.8 Å². The Morgan fingerprint density at radius 2 is 2.35 bits per heavy atom. The summed E-state index contributed by atoms with van der Waals surface area (Å²) in [6, 6.07) is 0. The zero-order chi connectivity index (χ0) is 12.7. The molecule has 5 nitrogen and oxygen atoms in total. The van der Waals surface area contributed by atoms with Crippen LogP contribution in [0.2, 0.25) is 0 Å². The molecule has 0 saturated heterocycles. The molecular formula is C10H17N3O2S2. The van der Waals surface area contributed by atoms with Gasteiger partial charge in [0.2, 0.25) is 5.16 Å². The Hall–Kier alpha value is -0.690. The molecule has 1 aromatic rings. The van der Waals surface area contributed by atoms with Gasteiger partial charge in [-0.25, -0.2) is 4.98 Å². The lowest BCUT2D eigenvalue weighted by atomic mass is 10.3. The first-order valence-electron chi connectivity index (χ1n) is 5.38. The number of aromatic nitrogens is 3. The topological polar surface area (TPSA) is 67.9 Å². The molecule has 0 aliphatic carbocycles. The van der Waals surface area contributed by atoms with Gasteiger partial charge in [0.05, 0.1) is 12.4 Å². The van der Waals surface area contributed by atoms with Gasteiger partial charge >= 0.3 is 5.97 Å². The molecule has 1 heterocycles. The fourth-order valence-electron chi connectivity index (χ4n) is 1.12. The Bertz CT molecular complexity index is 357. The number of carbonyl (C=O) groups excluding carboxylic acids is 1. The lowest BCUT2D eigenvalue weighted by molar-refractivity contribution is -0.139. The van der Waals surface area contributed by atoms with Crippen molar-refractivity contribution in [2.75, 3.05) is 18.6 Å². The van der Waals surface area contributed by atoms with Crippen molar-refractivity contribution in [2.45, 2.75) is 30.7 Å². The van der Waals surface area contributed by atoms with Crippen molar-refractivity contribution in [3.63, 3.8) is 0 Å². The van der Waals surface area contributed by atoms with E-state index >= 15 is 0 Å². The number of aromatic amines is 1. The fraction of sp³-hybridized carbons (Fsp3) is 0.700. The molecule has 1 N–H and O–H groups in total. The van der Waals surface area contributed by atoms with Crippen LogP contribution in [0.3, 0.4) is 0 Å². The van der Waals surface area contributed by atoms with Crippen LogP contribution in [-0.2, 0) is 16.0 Å². The van der Waals surface area contributed by atoms with Crippen LogP contribution < -0.4 is 0 Å². The maximum Gasteiger partial charge on any atom is 0.316 e. The van der Waals surface area contributed by atoms with Crippen molar-refractivity contribution < 1.29 is 9.53 Å². The molecule has 0 fully saturated rings. The van der Waals surface area contributed by atoms with Crippen molar-refractivity contribution in [1.82, 2.24) is 15.2 Å². The number of hydrogen-bond donors (Lipinski definition) is 1. The molecule has 1 aromatic heterocycles. The summed E-state index contributed by atoms with van der Waals surface area (Å²) in [5.41, 5.74) is 0. The third-order valence-corrected chi connectivity index (χ3v) is 3.81. The van der Waals surface area contributed by atoms with Crippen molar-refractivity contribution in [3.05, 3.63) is 5.82 Å². The second kappa shape index (κ2) is 7.60. The van der Waals surface area contributed by atoms with Crippen LogP contribution in [-0.4, -0.2) is 45.0 Å². The maximum atomic E-state index is 11.1. The van der Waals surface area contributed by atoms with E-state index in [1.807, 2.05) is 0 Å². The summed E-state index contributed by atoms with van der Waals surface area (Å²) in [4.78, 5) is 15.4. The number of nitrogens with zero attached hydrogens (tertiary/aromatic N) is 2. The lowest BCUT2D eigenvalue weighted by Gasteiger charge is -2.03. The number of hydrogen-bond acceptors (Lipinski definition) is 6. The van der Waals surface area contributed by atoms with Gasteiger partial charge in [-0.3, -0.25) is 9.89 Å². The number of thioether (sulfide) groups is 2. The maximum absolute atomic E-state index is 11.1. The standard InChI is InChI=1S/C10H17N3O2S2/c1-4-15-9(14)6-17-10-11-8(12-13-10)5-7(2)16-3/h7H,4-6H2,1-3H3,(H,11,12,13). The molecule has 1 atom stereocenters. The van der Waals surface area contributed by atoms with E-state index in [0.717, 1.165) is 12.2 Å². The van der Waals surface area contributed by atoms with Gasteiger partial charge in [-0.05, 0) is 13.2 Å². The smallest absolute Gasteiger partial charge is 0.316 e. The second-order valence-corrected chi connectivity index (χ2v) is 5.63. The van der Waals surface area contributed by atoms with Crippen LogP contribution in [0.4, 0.5) is 0 Å². The van der Waals surface area contributed by atoms with Crippen LogP contribution in [0, 0.1) is 0 Å². The predicted octanol–water partition coefficient (Wildman–Crippen LogP) is 1.75. The molecule has 1 rings (SSSR count). The Kier molecular flexibility index (Phi) is 6.43. The minimum absolute atomic E-state index is 0.235. The number of nitrogens with one attached hydrogen (secondary N) is 1. The Morgan fingerprint density at radius 1 is 1.59 bits per heavy atom. The molecular weight excluding hydrogens is 258 g/mol. The predicted molar refractivity (Wildman–Crippen MR) is 70.4 cm³/mol. The monoisotopic (exact) mass is 275 g/mol. The molecule has 1 unspecified atom stereocenters. The molecule has 0 radical (unpaired) electrons. The summed E-state index contributed by atoms with van der Waals surface area (Å²) < 4.78 is 4.82. The first-order valence-corrected chi connectivity index (χ1v) is 7.65. The van der Waals surface area contributed by atoms with Gasteiger partial charge in [0.25, 0.3) is 0 Å². The normalized spacial score (nSPS) is 12.4. The molecule has 0 aromatic carbocycles. The first kappa shape index (κ1) is 14.4. The van der Waals surface area contributed by atoms with E-state index in [0.29, 0.717) is 17.0 Å². The highest BCUT2D eigenvalue weighted by molar-refractivity contribution is 7.99. The van der Waals surface area contributed by atoms with Gasteiger partial charge < -0.3 is 4.74 Å². The van der Waals surface area contributed by atoms with Crippen LogP contribution in [0.5, 0.6) is 0 Å². The van der Waals surface area contributed by atoms with Crippen molar-refractivity contribution >= 4 is 29.5 Å². The summed E-state index contributed by atoms with van der Waals surface area (Å²) in [7, 11) is 0. The van der Waals surface area contributed by atoms with E-state index in [1.54, 1.807) is 18.7 Å². The Morgan fingerprint density at radius 3 is 3.00 bits per heavy atom. The Balaban J connectivity index is 2.38. The van der Waals surface area contributed by atoms with Crippen LogP contribution in [0.1, 0.15) is 19.7 Å². The van der Waals surface area contributed by atoms with Crippen molar-refractivity contribution in [1.29, 1.82) is 0 Å². The summed E-state index contributed by atoms with van der Waals surface area (Å²) in [6.07, 6.45) is 2.92. The van der Waals surface area contributed by atoms with Crippen molar-refractivity contribution in [3.8, 4) is 0 Å². The molecule has 0 bridgehead atoms. The molecule has 96 valence electrons. The van der Waals surface area contributed by atoms with E-state index in [4.69, 9.17) is 4.74 Å². The highest BCUT2D eigenvalue weighted by Gasteiger charge is 2.09. The van der Waals surface area contributed by atoms with Gasteiger partial charge in [0, 0.05) is 11.7 Å². The number of carbonyl (C=O) groups is 1. The van der Waals surface area contributed by atoms with E-state index in [-0.39, 0.29) is 11.7 Å². The zero-order valence-electron chi connectivity index (χ0n) is 10.2. The number of ether oxygens (including phenoxy) is 1. The molecule has 0 aliphatic heterocycles. The Labute approximate surface area is 109 Å². The minimum Gasteiger partial charge on any atom is -0.465 e. The van der Waals surface area contributed by atoms with Gasteiger partial charge in [0.15, 0.2) is 0 Å². The minimum atomic E-state index is -0.235. The van der Waals surface area contributed by atoms with E-state index in [9.17, 15) is 4.79 Å². The van der Waals surface area contributed by atoms with Gasteiger partial charge in [-0.2, -0.15) is 11.8 Å². The number of esters is 1. The molecule has 7 heteroatoms. The third kappa shape index (κ3) is 5.45. The van der Waals surface area contributed by atoms with E-state index < -0.39 is 0 Å². The lowest BCUT2D eigenvalue weighted by Crippen LogP contribution is -2.06. The van der Waals surface area contributed by atoms with Gasteiger partial charge in [-0.15, -0.1) is 5.10 Å². The summed E-state index contributed by atoms with van der Waals surface area (Å²) in [5, 5.41) is 8.03. The molecule has 0 amide bonds. The summed E-state index contributed by atoms with van der Waals surface area (Å²) in [6.45, 7) is 4.33. The van der Waals surface area contributed by atoms with Crippen LogP contribution in [0.25, 0.3) is 0 Å². The zero-order valence-corrected chi connectivity index (χ0v) is 11.9. The van der Waals surface area contributed by atoms with Crippen LogP contribution in [0.15, 0.2) is 5.16 Å². The van der Waals surface area contributed by atoms with Gasteiger partial charge in [0.1, 0.15) is 5.82 Å². The average Bonchev–Trinajstić information content (AvgIpc) is 2.74. The SMILES string of the molecule is CCOC(=O)CSc1n[nH]c(CC(C)SC)n1. The third-order valence-electron chi connectivity index (χ3n) is 2.02. The molecule has 0 aliphatic rings. The average molecular weight is 275 g/mol. The number of H-pyrrole nitrogens is 1. The highest BCUT2D eigenvalue weighted by atomic mass is 32.2. The molecule has 0 spiro atoms. The molecule has 0 saturated carbocycles. The first-order chi connectivity index (χ1) is 8.15. The molecule has 17 heavy (non-hydrogen) atoms. The summed E-state index contributed by atoms with van der Waals surface area (Å²) in [5.74, 6) is 0.878. The van der Waals surface area contributed by atoms with Crippen LogP contribution >= 0.6 is 23.5 Å². The second-order valence-electron chi connectivity index (χ2n) is 3.41. The fourth-order valence-corrected chi connectivity index (χ4v) is 2.06. The summed E-state index contributed by atoms with van der Waals surface area (Å²) >= 11 is 3.07. The number of rotatable bonds is 7. The highest BCUT2D eigenvalue weighted by Crippen LogP contribution is 2.15.